The van der Waals surface area contributed by atoms with E-state index in [9.17, 15) is 0 Å². The van der Waals surface area contributed by atoms with Gasteiger partial charge in [-0.25, -0.2) is 0 Å². The van der Waals surface area contributed by atoms with Crippen molar-refractivity contribution in [3.05, 3.63) is 48.5 Å². The maximum atomic E-state index is 6.72. The summed E-state index contributed by atoms with van der Waals surface area (Å²) in [5.74, 6) is 6.90. The zero-order chi connectivity index (χ0) is 40.6. The molecule has 4 aliphatic carbocycles. The van der Waals surface area contributed by atoms with Gasteiger partial charge in [0.25, 0.3) is 0 Å². The molecule has 0 saturated heterocycles. The van der Waals surface area contributed by atoms with E-state index in [0.717, 1.165) is 84.5 Å². The van der Waals surface area contributed by atoms with Crippen LogP contribution in [0.4, 0.5) is 11.4 Å². The second-order valence-electron chi connectivity index (χ2n) is 18.3. The minimum atomic E-state index is 0.306. The van der Waals surface area contributed by atoms with Crippen LogP contribution in [-0.4, -0.2) is 91.7 Å². The Bertz CT molecular complexity index is 1480. The molecule has 0 spiro atoms. The van der Waals surface area contributed by atoms with Crippen LogP contribution < -0.4 is 31.6 Å². The fourth-order valence-electron chi connectivity index (χ4n) is 12.0. The van der Waals surface area contributed by atoms with Gasteiger partial charge in [-0.3, -0.25) is 0 Å². The van der Waals surface area contributed by atoms with E-state index >= 15 is 0 Å². The summed E-state index contributed by atoms with van der Waals surface area (Å²) in [5, 5.41) is 6.93. The Kier molecular flexibility index (Phi) is 17.7. The maximum absolute atomic E-state index is 6.72. The number of benzene rings is 2. The van der Waals surface area contributed by atoms with Crippen LogP contribution >= 0.6 is 0 Å². The lowest BCUT2D eigenvalue weighted by molar-refractivity contribution is -0.126. The minimum Gasteiger partial charge on any atom is -0.494 e. The molecule has 6 N–H and O–H groups in total. The van der Waals surface area contributed by atoms with E-state index in [0.29, 0.717) is 82.9 Å². The lowest BCUT2D eigenvalue weighted by Crippen LogP contribution is -2.54. The van der Waals surface area contributed by atoms with Crippen LogP contribution in [0.25, 0.3) is 0 Å². The summed E-state index contributed by atoms with van der Waals surface area (Å²) in [5.41, 5.74) is 14.0. The topological polar surface area (TPSA) is 131 Å². The standard InChI is InChI=1S/C48H78N4O6/c1-36(7-6-24-57-40-10-4-8-38(34-40)51-22-27-55-31-29-53-25-20-49)44-14-15-45-43-13-12-37-33-42(16-18-47(37,2)46(43)17-19-48(44,45)3)58-41-11-5-9-39(35-41)52-23-28-56-32-30-54-26-21-50/h4-5,8-11,34-37,42-46,51-52H,6-7,12-33,49-50H2,1-3H3/t36-,37+,42-,43-,44-,45-,46-,47-,48+/m0/s1. The van der Waals surface area contributed by atoms with E-state index in [2.05, 4.69) is 79.9 Å². The first-order valence-electron chi connectivity index (χ1n) is 23.0. The molecule has 4 saturated carbocycles. The fourth-order valence-corrected chi connectivity index (χ4v) is 12.0. The summed E-state index contributed by atoms with van der Waals surface area (Å²) in [6.07, 6.45) is 14.8. The number of hydrogen-bond donors (Lipinski definition) is 4. The number of anilines is 2. The van der Waals surface area contributed by atoms with E-state index < -0.39 is 0 Å². The maximum Gasteiger partial charge on any atom is 0.121 e. The lowest BCUT2D eigenvalue weighted by atomic mass is 9.44. The number of hydrogen-bond acceptors (Lipinski definition) is 10. The first-order valence-corrected chi connectivity index (χ1v) is 23.0. The SMILES string of the molecule is C[C@@H](CCCOc1cccc(NCCOCCOCCN)c1)[C@@H]1CC[C@H]2[C@@H]3CC[C@@H]4C[C@@H](Oc5cccc(NCCOCCOCCN)c5)CC[C@]4(C)[C@H]3CC[C@@]21C. The molecule has 0 aliphatic heterocycles. The molecule has 6 rings (SSSR count). The van der Waals surface area contributed by atoms with Crippen molar-refractivity contribution in [1.29, 1.82) is 0 Å². The van der Waals surface area contributed by atoms with Gasteiger partial charge in [0.15, 0.2) is 0 Å². The van der Waals surface area contributed by atoms with Crippen molar-refractivity contribution in [2.75, 3.05) is 96.3 Å². The Hall–Kier alpha value is -2.60. The molecule has 0 heterocycles. The molecule has 0 radical (unpaired) electrons. The van der Waals surface area contributed by atoms with E-state index in [4.69, 9.17) is 39.9 Å². The molecule has 4 fully saturated rings. The normalized spacial score (nSPS) is 29.5. The van der Waals surface area contributed by atoms with Crippen molar-refractivity contribution in [1.82, 2.24) is 0 Å². The number of rotatable bonds is 26. The highest BCUT2D eigenvalue weighted by atomic mass is 16.5. The quantitative estimate of drug-likeness (QED) is 0.0688. The predicted molar refractivity (Wildman–Crippen MR) is 235 cm³/mol. The van der Waals surface area contributed by atoms with Gasteiger partial charge in [-0.1, -0.05) is 32.9 Å². The third kappa shape index (κ3) is 12.0. The molecule has 0 unspecified atom stereocenters. The fraction of sp³-hybridized carbons (Fsp3) is 0.750. The lowest BCUT2D eigenvalue weighted by Gasteiger charge is -2.61. The molecule has 2 aromatic carbocycles. The van der Waals surface area contributed by atoms with Gasteiger partial charge in [-0.05, 0) is 141 Å². The van der Waals surface area contributed by atoms with Gasteiger partial charge in [0.1, 0.15) is 11.5 Å². The average molecular weight is 807 g/mol. The number of fused-ring (bicyclic) bond motifs is 5. The van der Waals surface area contributed by atoms with Crippen molar-refractivity contribution < 1.29 is 28.4 Å². The summed E-state index contributed by atoms with van der Waals surface area (Å²) in [4.78, 5) is 0. The first-order chi connectivity index (χ1) is 28.3. The van der Waals surface area contributed by atoms with E-state index in [-0.39, 0.29) is 0 Å². The van der Waals surface area contributed by atoms with Gasteiger partial charge < -0.3 is 50.5 Å². The van der Waals surface area contributed by atoms with E-state index in [1.54, 1.807) is 0 Å². The van der Waals surface area contributed by atoms with Crippen molar-refractivity contribution in [2.24, 2.45) is 57.8 Å². The molecule has 2 aromatic rings. The zero-order valence-corrected chi connectivity index (χ0v) is 36.2. The Morgan fingerprint density at radius 3 is 1.93 bits per heavy atom. The Morgan fingerprint density at radius 2 is 1.26 bits per heavy atom. The van der Waals surface area contributed by atoms with Gasteiger partial charge in [-0.2, -0.15) is 0 Å². The third-order valence-electron chi connectivity index (χ3n) is 14.8. The van der Waals surface area contributed by atoms with Crippen LogP contribution in [0.3, 0.4) is 0 Å². The van der Waals surface area contributed by atoms with Crippen LogP contribution in [0.2, 0.25) is 0 Å². The smallest absolute Gasteiger partial charge is 0.121 e. The summed E-state index contributed by atoms with van der Waals surface area (Å²) < 4.78 is 35.0. The van der Waals surface area contributed by atoms with Crippen molar-refractivity contribution in [2.45, 2.75) is 97.5 Å². The molecule has 326 valence electrons. The molecule has 0 aromatic heterocycles. The second-order valence-corrected chi connectivity index (χ2v) is 18.3. The number of nitrogens with two attached hydrogens (primary N) is 2. The van der Waals surface area contributed by atoms with Gasteiger partial charge in [0.2, 0.25) is 0 Å². The number of nitrogens with one attached hydrogen (secondary N) is 2. The first kappa shape index (κ1) is 44.9. The van der Waals surface area contributed by atoms with E-state index in [1.165, 1.54) is 64.2 Å². The Labute approximate surface area is 350 Å². The molecule has 0 amide bonds. The molecular formula is C48H78N4O6. The molecule has 9 atom stereocenters. The third-order valence-corrected chi connectivity index (χ3v) is 14.8. The minimum absolute atomic E-state index is 0.306. The van der Waals surface area contributed by atoms with Crippen LogP contribution in [0.1, 0.15) is 91.4 Å². The van der Waals surface area contributed by atoms with E-state index in [1.807, 2.05) is 0 Å². The summed E-state index contributed by atoms with van der Waals surface area (Å²) in [6, 6.07) is 16.8. The average Bonchev–Trinajstić information content (AvgIpc) is 3.59. The highest BCUT2D eigenvalue weighted by Crippen LogP contribution is 2.68. The van der Waals surface area contributed by atoms with Gasteiger partial charge >= 0.3 is 0 Å². The Morgan fingerprint density at radius 1 is 0.655 bits per heavy atom. The molecule has 4 aliphatic rings. The summed E-state index contributed by atoms with van der Waals surface area (Å²) >= 11 is 0. The largest absolute Gasteiger partial charge is 0.494 e. The molecular weight excluding hydrogens is 729 g/mol. The second kappa shape index (κ2) is 22.8. The van der Waals surface area contributed by atoms with Crippen molar-refractivity contribution >= 4 is 11.4 Å². The van der Waals surface area contributed by atoms with Crippen molar-refractivity contribution in [3.8, 4) is 11.5 Å². The van der Waals surface area contributed by atoms with Gasteiger partial charge in [0, 0.05) is 49.7 Å². The highest BCUT2D eigenvalue weighted by molar-refractivity contribution is 5.49. The van der Waals surface area contributed by atoms with Gasteiger partial charge in [0.05, 0.1) is 65.6 Å². The highest BCUT2D eigenvalue weighted by Gasteiger charge is 2.60. The number of ether oxygens (including phenoxy) is 6. The summed E-state index contributed by atoms with van der Waals surface area (Å²) in [7, 11) is 0. The molecule has 0 bridgehead atoms. The molecule has 58 heavy (non-hydrogen) atoms. The zero-order valence-electron chi connectivity index (χ0n) is 36.2. The van der Waals surface area contributed by atoms with Gasteiger partial charge in [-0.15, -0.1) is 0 Å². The monoisotopic (exact) mass is 807 g/mol. The van der Waals surface area contributed by atoms with Crippen LogP contribution in [0, 0.1) is 46.3 Å². The molecule has 10 nitrogen and oxygen atoms in total. The molecule has 10 heteroatoms. The Balaban J connectivity index is 0.906. The van der Waals surface area contributed by atoms with Crippen LogP contribution in [0.15, 0.2) is 48.5 Å². The predicted octanol–water partition coefficient (Wildman–Crippen LogP) is 8.40. The van der Waals surface area contributed by atoms with Crippen LogP contribution in [-0.2, 0) is 18.9 Å². The summed E-state index contributed by atoms with van der Waals surface area (Å²) in [6.45, 7) is 16.1. The van der Waals surface area contributed by atoms with Crippen molar-refractivity contribution in [3.63, 3.8) is 0 Å². The van der Waals surface area contributed by atoms with Crippen LogP contribution in [0.5, 0.6) is 11.5 Å².